The van der Waals surface area contributed by atoms with Crippen LogP contribution in [0, 0.1) is 13.8 Å². The van der Waals surface area contributed by atoms with Crippen molar-refractivity contribution in [3.05, 3.63) is 58.8 Å². The lowest BCUT2D eigenvalue weighted by molar-refractivity contribution is 0.0696. The molecule has 5 rings (SSSR count). The van der Waals surface area contributed by atoms with Gasteiger partial charge >= 0.3 is 0 Å². The number of nitrogens with zero attached hydrogens (tertiary/aromatic N) is 5. The van der Waals surface area contributed by atoms with E-state index < -0.39 is 0 Å². The van der Waals surface area contributed by atoms with Gasteiger partial charge in [0.2, 0.25) is 0 Å². The van der Waals surface area contributed by atoms with Crippen LogP contribution in [0.4, 0.5) is 5.82 Å². The summed E-state index contributed by atoms with van der Waals surface area (Å²) in [5.74, 6) is 0.861. The Kier molecular flexibility index (Phi) is 5.85. The monoisotopic (exact) mass is 446 g/mol. The van der Waals surface area contributed by atoms with Crippen molar-refractivity contribution in [2.24, 2.45) is 7.05 Å². The lowest BCUT2D eigenvalue weighted by Gasteiger charge is -2.30. The van der Waals surface area contributed by atoms with Crippen LogP contribution in [0.5, 0.6) is 0 Å². The molecule has 5 heterocycles. The van der Waals surface area contributed by atoms with E-state index in [0.29, 0.717) is 18.8 Å². The highest BCUT2D eigenvalue weighted by molar-refractivity contribution is 5.94. The van der Waals surface area contributed by atoms with Crippen LogP contribution in [-0.4, -0.2) is 51.5 Å². The first-order valence-corrected chi connectivity index (χ1v) is 11.6. The van der Waals surface area contributed by atoms with Gasteiger partial charge < -0.3 is 15.0 Å². The number of carbonyl (C=O) groups excluding carboxylic acids is 1. The lowest BCUT2D eigenvalue weighted by Crippen LogP contribution is -2.39. The molecule has 1 N–H and O–H groups in total. The molecule has 1 amide bonds. The Bertz CT molecular complexity index is 1180. The molecule has 2 aliphatic heterocycles. The van der Waals surface area contributed by atoms with Crippen molar-refractivity contribution < 1.29 is 9.53 Å². The van der Waals surface area contributed by atoms with Crippen LogP contribution in [0.3, 0.4) is 0 Å². The molecule has 0 bridgehead atoms. The molecule has 0 saturated carbocycles. The molecule has 1 fully saturated rings. The minimum Gasteiger partial charge on any atom is -0.381 e. The van der Waals surface area contributed by atoms with Gasteiger partial charge in [0.1, 0.15) is 5.82 Å². The standard InChI is InChI=1S/C25H30N6O2/c1-16-10-19(25(32)28-21-5-8-33-9-6-21)13-27-24(16)31-7-4-23-20(14-31)11-18(12-26-23)22-15-30(3)29-17(22)2/h10-13,15,21H,4-9,14H2,1-3H3,(H,28,32). The number of hydrogen-bond acceptors (Lipinski definition) is 6. The maximum atomic E-state index is 12.7. The summed E-state index contributed by atoms with van der Waals surface area (Å²) in [6.45, 7) is 7.05. The molecule has 0 atom stereocenters. The van der Waals surface area contributed by atoms with Gasteiger partial charge in [-0.05, 0) is 49.9 Å². The van der Waals surface area contributed by atoms with Crippen molar-refractivity contribution >= 4 is 11.7 Å². The van der Waals surface area contributed by atoms with Crippen LogP contribution in [0.2, 0.25) is 0 Å². The Morgan fingerprint density at radius 2 is 1.97 bits per heavy atom. The van der Waals surface area contributed by atoms with Gasteiger partial charge in [-0.3, -0.25) is 14.5 Å². The zero-order chi connectivity index (χ0) is 22.9. The minimum absolute atomic E-state index is 0.0614. The number of amides is 1. The van der Waals surface area contributed by atoms with E-state index >= 15 is 0 Å². The maximum Gasteiger partial charge on any atom is 0.253 e. The second-order valence-corrected chi connectivity index (χ2v) is 9.03. The van der Waals surface area contributed by atoms with E-state index in [4.69, 9.17) is 14.7 Å². The summed E-state index contributed by atoms with van der Waals surface area (Å²) in [5.41, 5.74) is 7.16. The molecule has 172 valence electrons. The first-order valence-electron chi connectivity index (χ1n) is 11.6. The second-order valence-electron chi connectivity index (χ2n) is 9.03. The molecule has 3 aromatic rings. The third-order valence-electron chi connectivity index (χ3n) is 6.53. The highest BCUT2D eigenvalue weighted by Gasteiger charge is 2.23. The predicted molar refractivity (Wildman–Crippen MR) is 126 cm³/mol. The van der Waals surface area contributed by atoms with Gasteiger partial charge in [0, 0.05) is 81.2 Å². The van der Waals surface area contributed by atoms with Gasteiger partial charge in [-0.15, -0.1) is 0 Å². The average molecular weight is 447 g/mol. The fourth-order valence-corrected chi connectivity index (χ4v) is 4.77. The van der Waals surface area contributed by atoms with E-state index in [1.807, 2.05) is 44.0 Å². The Morgan fingerprint density at radius 3 is 2.70 bits per heavy atom. The van der Waals surface area contributed by atoms with Crippen molar-refractivity contribution in [1.29, 1.82) is 0 Å². The molecule has 1 saturated heterocycles. The van der Waals surface area contributed by atoms with E-state index in [9.17, 15) is 4.79 Å². The van der Waals surface area contributed by atoms with Gasteiger partial charge in [0.15, 0.2) is 0 Å². The van der Waals surface area contributed by atoms with E-state index in [2.05, 4.69) is 21.4 Å². The number of aryl methyl sites for hydroxylation is 3. The molecule has 2 aliphatic rings. The number of aromatic nitrogens is 4. The first-order chi connectivity index (χ1) is 16.0. The van der Waals surface area contributed by atoms with Crippen LogP contribution < -0.4 is 10.2 Å². The van der Waals surface area contributed by atoms with Gasteiger partial charge in [-0.2, -0.15) is 5.10 Å². The number of ether oxygens (including phenoxy) is 1. The number of pyridine rings is 2. The molecular weight excluding hydrogens is 416 g/mol. The number of nitrogens with one attached hydrogen (secondary N) is 1. The number of hydrogen-bond donors (Lipinski definition) is 1. The third kappa shape index (κ3) is 4.48. The lowest BCUT2D eigenvalue weighted by atomic mass is 10.00. The van der Waals surface area contributed by atoms with E-state index in [0.717, 1.165) is 66.2 Å². The molecule has 0 aliphatic carbocycles. The van der Waals surface area contributed by atoms with Crippen LogP contribution in [0.1, 0.15) is 45.7 Å². The summed E-state index contributed by atoms with van der Waals surface area (Å²) >= 11 is 0. The summed E-state index contributed by atoms with van der Waals surface area (Å²) in [4.78, 5) is 24.4. The molecule has 8 nitrogen and oxygen atoms in total. The van der Waals surface area contributed by atoms with Crippen LogP contribution in [0.25, 0.3) is 11.1 Å². The Morgan fingerprint density at radius 1 is 1.15 bits per heavy atom. The van der Waals surface area contributed by atoms with Crippen molar-refractivity contribution in [1.82, 2.24) is 25.1 Å². The fraction of sp³-hybridized carbons (Fsp3) is 0.440. The van der Waals surface area contributed by atoms with Crippen LogP contribution >= 0.6 is 0 Å². The summed E-state index contributed by atoms with van der Waals surface area (Å²) in [6.07, 6.45) is 8.27. The second kappa shape index (κ2) is 8.94. The number of fused-ring (bicyclic) bond motifs is 1. The first kappa shape index (κ1) is 21.6. The topological polar surface area (TPSA) is 85.2 Å². The molecule has 33 heavy (non-hydrogen) atoms. The summed E-state index contributed by atoms with van der Waals surface area (Å²) < 4.78 is 7.21. The summed E-state index contributed by atoms with van der Waals surface area (Å²) in [7, 11) is 1.94. The third-order valence-corrected chi connectivity index (χ3v) is 6.53. The molecule has 8 heteroatoms. The van der Waals surface area contributed by atoms with Gasteiger partial charge in [0.25, 0.3) is 5.91 Å². The predicted octanol–water partition coefficient (Wildman–Crippen LogP) is 2.97. The summed E-state index contributed by atoms with van der Waals surface area (Å²) in [6, 6.07) is 4.35. The average Bonchev–Trinajstić information content (AvgIpc) is 3.16. The zero-order valence-electron chi connectivity index (χ0n) is 19.5. The summed E-state index contributed by atoms with van der Waals surface area (Å²) in [5, 5.41) is 7.58. The van der Waals surface area contributed by atoms with Gasteiger partial charge in [-0.1, -0.05) is 0 Å². The number of rotatable bonds is 4. The van der Waals surface area contributed by atoms with E-state index in [-0.39, 0.29) is 11.9 Å². The van der Waals surface area contributed by atoms with Crippen LogP contribution in [-0.2, 0) is 24.8 Å². The van der Waals surface area contributed by atoms with Gasteiger partial charge in [-0.25, -0.2) is 4.98 Å². The van der Waals surface area contributed by atoms with Gasteiger partial charge in [0.05, 0.1) is 11.3 Å². The number of anilines is 1. The maximum absolute atomic E-state index is 12.7. The Hall–Kier alpha value is -3.26. The Balaban J connectivity index is 1.33. The fourth-order valence-electron chi connectivity index (χ4n) is 4.77. The van der Waals surface area contributed by atoms with Crippen molar-refractivity contribution in [2.45, 2.75) is 45.7 Å². The molecular formula is C25H30N6O2. The normalized spacial score (nSPS) is 16.5. The molecule has 0 radical (unpaired) electrons. The highest BCUT2D eigenvalue weighted by atomic mass is 16.5. The van der Waals surface area contributed by atoms with E-state index in [1.54, 1.807) is 6.20 Å². The minimum atomic E-state index is -0.0614. The SMILES string of the molecule is Cc1cc(C(=O)NC2CCOCC2)cnc1N1CCc2ncc(-c3cn(C)nc3C)cc2C1. The van der Waals surface area contributed by atoms with Crippen molar-refractivity contribution in [3.63, 3.8) is 0 Å². The molecule has 0 spiro atoms. The van der Waals surface area contributed by atoms with Crippen molar-refractivity contribution in [3.8, 4) is 11.1 Å². The largest absolute Gasteiger partial charge is 0.381 e. The molecule has 3 aromatic heterocycles. The van der Waals surface area contributed by atoms with Crippen molar-refractivity contribution in [2.75, 3.05) is 24.7 Å². The highest BCUT2D eigenvalue weighted by Crippen LogP contribution is 2.29. The molecule has 0 unspecified atom stereocenters. The van der Waals surface area contributed by atoms with Crippen LogP contribution in [0.15, 0.2) is 30.7 Å². The number of carbonyl (C=O) groups is 1. The Labute approximate surface area is 194 Å². The molecule has 0 aromatic carbocycles. The quantitative estimate of drug-likeness (QED) is 0.663. The van der Waals surface area contributed by atoms with E-state index in [1.165, 1.54) is 5.56 Å². The smallest absolute Gasteiger partial charge is 0.253 e. The zero-order valence-corrected chi connectivity index (χ0v) is 19.5.